The number of unbranched alkanes of at least 4 members (excludes halogenated alkanes) is 2. The van der Waals surface area contributed by atoms with E-state index >= 15 is 0 Å². The van der Waals surface area contributed by atoms with Crippen LogP contribution in [0, 0.1) is 0 Å². The summed E-state index contributed by atoms with van der Waals surface area (Å²) in [5.74, 6) is -1.03. The van der Waals surface area contributed by atoms with Gasteiger partial charge in [-0.2, -0.15) is 13.2 Å². The molecule has 0 atom stereocenters. The summed E-state index contributed by atoms with van der Waals surface area (Å²) in [5, 5.41) is 9.59. The molecule has 0 amide bonds. The maximum atomic E-state index is 14.4. The summed E-state index contributed by atoms with van der Waals surface area (Å²) >= 11 is 0. The molecule has 0 fully saturated rings. The fraction of sp³-hybridized carbons (Fsp3) is 0.361. The van der Waals surface area contributed by atoms with Gasteiger partial charge < -0.3 is 5.11 Å². The van der Waals surface area contributed by atoms with Gasteiger partial charge in [0.2, 0.25) is 0 Å². The van der Waals surface area contributed by atoms with Crippen LogP contribution in [0.25, 0.3) is 17.2 Å². The summed E-state index contributed by atoms with van der Waals surface area (Å²) in [6, 6.07) is 17.4. The van der Waals surface area contributed by atoms with E-state index in [1.165, 1.54) is 17.7 Å². The maximum absolute atomic E-state index is 14.4. The first-order chi connectivity index (χ1) is 20.2. The van der Waals surface area contributed by atoms with Crippen molar-refractivity contribution in [2.45, 2.75) is 77.8 Å². The number of fused-ring (bicyclic) bond motifs is 1. The Morgan fingerprint density at radius 2 is 1.64 bits per heavy atom. The third kappa shape index (κ3) is 7.39. The van der Waals surface area contributed by atoms with E-state index in [-0.39, 0.29) is 17.8 Å². The van der Waals surface area contributed by atoms with E-state index in [4.69, 9.17) is 0 Å². The molecule has 0 aliphatic heterocycles. The van der Waals surface area contributed by atoms with E-state index in [9.17, 15) is 27.5 Å². The topological polar surface area (TPSA) is 37.3 Å². The first kappa shape index (κ1) is 31.3. The maximum Gasteiger partial charge on any atom is 0.417 e. The van der Waals surface area contributed by atoms with Gasteiger partial charge in [0.25, 0.3) is 0 Å². The third-order valence-corrected chi connectivity index (χ3v) is 8.07. The monoisotopic (exact) mass is 578 g/mol. The van der Waals surface area contributed by atoms with Crippen LogP contribution in [0.4, 0.5) is 17.6 Å². The van der Waals surface area contributed by atoms with E-state index in [1.807, 2.05) is 31.2 Å². The van der Waals surface area contributed by atoms with Crippen LogP contribution in [0.1, 0.15) is 108 Å². The van der Waals surface area contributed by atoms with Crippen LogP contribution in [0.3, 0.4) is 0 Å². The van der Waals surface area contributed by atoms with Gasteiger partial charge in [-0.25, -0.2) is 4.79 Å². The van der Waals surface area contributed by atoms with Gasteiger partial charge in [-0.3, -0.25) is 4.39 Å². The summed E-state index contributed by atoms with van der Waals surface area (Å²) in [5.41, 5.74) is 6.32. The van der Waals surface area contributed by atoms with Gasteiger partial charge in [-0.1, -0.05) is 74.4 Å². The summed E-state index contributed by atoms with van der Waals surface area (Å²) in [6.07, 6.45) is 3.89. The molecule has 0 heterocycles. The molecule has 0 spiro atoms. The van der Waals surface area contributed by atoms with Gasteiger partial charge in [0.05, 0.1) is 17.8 Å². The number of carboxylic acids is 1. The minimum Gasteiger partial charge on any atom is -0.478 e. The number of halogens is 4. The van der Waals surface area contributed by atoms with Crippen LogP contribution in [-0.2, 0) is 19.0 Å². The summed E-state index contributed by atoms with van der Waals surface area (Å²) in [6.45, 7) is 3.65. The molecular formula is C36H38F4O2. The number of carbonyl (C=O) groups is 1. The minimum absolute atomic E-state index is 0.166. The van der Waals surface area contributed by atoms with Crippen molar-refractivity contribution in [3.63, 3.8) is 0 Å². The highest BCUT2D eigenvalue weighted by molar-refractivity contribution is 6.01. The highest BCUT2D eigenvalue weighted by atomic mass is 19.4. The Kier molecular flexibility index (Phi) is 10.4. The second-order valence-corrected chi connectivity index (χ2v) is 10.9. The number of alkyl halides is 4. The number of aromatic carboxylic acids is 1. The molecular weight excluding hydrogens is 540 g/mol. The van der Waals surface area contributed by atoms with E-state index in [2.05, 4.69) is 13.0 Å². The van der Waals surface area contributed by atoms with Gasteiger partial charge in [0.15, 0.2) is 0 Å². The summed E-state index contributed by atoms with van der Waals surface area (Å²) in [4.78, 5) is 11.7. The largest absolute Gasteiger partial charge is 0.478 e. The quantitative estimate of drug-likeness (QED) is 0.182. The molecule has 2 nitrogen and oxygen atoms in total. The molecule has 4 rings (SSSR count). The molecule has 0 saturated heterocycles. The Bertz CT molecular complexity index is 1460. The number of benzene rings is 3. The lowest BCUT2D eigenvalue weighted by Crippen LogP contribution is -2.10. The van der Waals surface area contributed by atoms with Crippen LogP contribution in [0.15, 0.2) is 66.2 Å². The van der Waals surface area contributed by atoms with Crippen LogP contribution < -0.4 is 0 Å². The van der Waals surface area contributed by atoms with Crippen molar-refractivity contribution in [1.82, 2.24) is 0 Å². The van der Waals surface area contributed by atoms with Crippen molar-refractivity contribution >= 4 is 23.2 Å². The molecule has 0 bridgehead atoms. The highest BCUT2D eigenvalue weighted by Crippen LogP contribution is 2.44. The molecule has 1 aliphatic rings. The van der Waals surface area contributed by atoms with Gasteiger partial charge in [0.1, 0.15) is 0 Å². The van der Waals surface area contributed by atoms with Gasteiger partial charge in [-0.05, 0) is 114 Å². The van der Waals surface area contributed by atoms with Crippen molar-refractivity contribution < 1.29 is 27.5 Å². The van der Waals surface area contributed by atoms with Crippen molar-refractivity contribution in [2.75, 3.05) is 6.67 Å². The van der Waals surface area contributed by atoms with E-state index in [0.717, 1.165) is 47.9 Å². The SMILES string of the molecule is CC/C(=C/c1ccc(C2=C(c3ccc(CC)cc3C(F)(F)F)CCCc3cc(C(=O)O)ccc32)cc1)CCCCCF. The predicted molar refractivity (Wildman–Crippen MR) is 162 cm³/mol. The molecule has 6 heteroatoms. The lowest BCUT2D eigenvalue weighted by Gasteiger charge is -2.21. The van der Waals surface area contributed by atoms with Gasteiger partial charge in [-0.15, -0.1) is 0 Å². The minimum atomic E-state index is -4.52. The zero-order chi connectivity index (χ0) is 30.3. The predicted octanol–water partition coefficient (Wildman–Crippen LogP) is 10.6. The Hall–Kier alpha value is -3.67. The fourth-order valence-corrected chi connectivity index (χ4v) is 5.78. The zero-order valence-electron chi connectivity index (χ0n) is 24.3. The molecule has 3 aromatic carbocycles. The van der Waals surface area contributed by atoms with Crippen molar-refractivity contribution in [1.29, 1.82) is 0 Å². The van der Waals surface area contributed by atoms with Gasteiger partial charge in [0, 0.05) is 0 Å². The average molecular weight is 579 g/mol. The first-order valence-corrected chi connectivity index (χ1v) is 14.8. The Morgan fingerprint density at radius 3 is 2.29 bits per heavy atom. The van der Waals surface area contributed by atoms with E-state index < -0.39 is 17.7 Å². The van der Waals surface area contributed by atoms with Crippen LogP contribution in [0.5, 0.6) is 0 Å². The van der Waals surface area contributed by atoms with Crippen molar-refractivity contribution in [3.8, 4) is 0 Å². The van der Waals surface area contributed by atoms with Crippen LogP contribution in [0.2, 0.25) is 0 Å². The number of allylic oxidation sites excluding steroid dienone is 2. The van der Waals surface area contributed by atoms with E-state index in [0.29, 0.717) is 48.8 Å². The molecule has 0 aromatic heterocycles. The third-order valence-electron chi connectivity index (χ3n) is 8.07. The fourth-order valence-electron chi connectivity index (χ4n) is 5.78. The molecule has 1 N–H and O–H groups in total. The summed E-state index contributed by atoms with van der Waals surface area (Å²) in [7, 11) is 0. The second kappa shape index (κ2) is 14.0. The lowest BCUT2D eigenvalue weighted by atomic mass is 9.85. The number of aryl methyl sites for hydroxylation is 2. The Labute approximate surface area is 245 Å². The van der Waals surface area contributed by atoms with Crippen LogP contribution in [-0.4, -0.2) is 17.8 Å². The molecule has 1 aliphatic carbocycles. The van der Waals surface area contributed by atoms with Crippen molar-refractivity contribution in [2.24, 2.45) is 0 Å². The molecule has 0 saturated carbocycles. The number of rotatable bonds is 11. The van der Waals surface area contributed by atoms with E-state index in [1.54, 1.807) is 24.3 Å². The number of carboxylic acid groups (broad SMARTS) is 1. The Morgan fingerprint density at radius 1 is 0.905 bits per heavy atom. The lowest BCUT2D eigenvalue weighted by molar-refractivity contribution is -0.137. The zero-order valence-corrected chi connectivity index (χ0v) is 24.3. The standard InChI is InChI=1S/C36H38F4O2/c1-3-24(9-6-5-7-20-37)21-26-12-15-27(16-13-26)34-30-19-17-29(35(41)42)23-28(30)10-8-11-32(34)31-18-14-25(4-2)22-33(31)36(38,39)40/h12-19,21-23H,3-11,20H2,1-2H3,(H,41,42)/b24-21-. The second-order valence-electron chi connectivity index (χ2n) is 10.9. The molecule has 222 valence electrons. The van der Waals surface area contributed by atoms with Crippen LogP contribution >= 0.6 is 0 Å². The molecule has 0 unspecified atom stereocenters. The smallest absolute Gasteiger partial charge is 0.417 e. The molecule has 0 radical (unpaired) electrons. The molecule has 42 heavy (non-hydrogen) atoms. The van der Waals surface area contributed by atoms with Crippen molar-refractivity contribution in [3.05, 3.63) is 111 Å². The first-order valence-electron chi connectivity index (χ1n) is 14.8. The molecule has 3 aromatic rings. The highest BCUT2D eigenvalue weighted by Gasteiger charge is 2.35. The number of hydrogen-bond donors (Lipinski definition) is 1. The van der Waals surface area contributed by atoms with Gasteiger partial charge >= 0.3 is 12.1 Å². The number of hydrogen-bond acceptors (Lipinski definition) is 1. The summed E-state index contributed by atoms with van der Waals surface area (Å²) < 4.78 is 55.7. The Balaban J connectivity index is 1.87. The normalized spacial score (nSPS) is 14.1. The average Bonchev–Trinajstić information content (AvgIpc) is 3.17.